The molecule has 1 aromatic rings. The minimum Gasteiger partial charge on any atom is -0.292 e. The van der Waals surface area contributed by atoms with Gasteiger partial charge in [-0.2, -0.15) is 0 Å². The molecule has 0 fully saturated rings. The molecule has 0 unspecified atom stereocenters. The van der Waals surface area contributed by atoms with Crippen molar-refractivity contribution in [1.82, 2.24) is 0 Å². The van der Waals surface area contributed by atoms with E-state index in [1.807, 2.05) is 33.0 Å². The molecule has 16 heavy (non-hydrogen) atoms. The normalized spacial score (nSPS) is 11.6. The fourth-order valence-corrected chi connectivity index (χ4v) is 1.66. The molecule has 0 N–H and O–H groups in total. The van der Waals surface area contributed by atoms with Crippen LogP contribution in [0.2, 0.25) is 5.02 Å². The Kier molecular flexibility index (Phi) is 4.75. The number of allylic oxidation sites excluding steroid dienone is 1. The zero-order chi connectivity index (χ0) is 12.1. The maximum atomic E-state index is 6.00. The molecule has 0 saturated carbocycles. The number of hydrogen-bond donors (Lipinski definition) is 0. The smallest absolute Gasteiger partial charge is 0.0435 e. The Bertz CT molecular complexity index is 419. The molecule has 0 atom stereocenters. The van der Waals surface area contributed by atoms with Crippen molar-refractivity contribution in [3.8, 4) is 0 Å². The molecule has 2 heteroatoms. The average molecular weight is 236 g/mol. The Morgan fingerprint density at radius 3 is 2.56 bits per heavy atom. The largest absolute Gasteiger partial charge is 0.292 e. The van der Waals surface area contributed by atoms with Gasteiger partial charge in [-0.05, 0) is 49.9 Å². The molecule has 0 heterocycles. The van der Waals surface area contributed by atoms with Crippen LogP contribution in [0.1, 0.15) is 30.9 Å². The standard InChI is InChI=1S/C14H18ClN/c1-10(2)5-8-14(16-4)12-6-7-13(15)11(3)9-12/h6-7,9H,1,5,8H2,2-4H3/b16-14+. The molecular formula is C14H18ClN. The van der Waals surface area contributed by atoms with Gasteiger partial charge in [0.15, 0.2) is 0 Å². The molecule has 1 aromatic carbocycles. The Morgan fingerprint density at radius 1 is 1.38 bits per heavy atom. The lowest BCUT2D eigenvalue weighted by Crippen LogP contribution is -2.01. The van der Waals surface area contributed by atoms with Gasteiger partial charge < -0.3 is 0 Å². The molecule has 0 amide bonds. The maximum absolute atomic E-state index is 6.00. The topological polar surface area (TPSA) is 12.4 Å². The van der Waals surface area contributed by atoms with E-state index in [9.17, 15) is 0 Å². The number of aryl methyl sites for hydroxylation is 1. The fraction of sp³-hybridized carbons (Fsp3) is 0.357. The molecule has 86 valence electrons. The zero-order valence-corrected chi connectivity index (χ0v) is 10.9. The predicted molar refractivity (Wildman–Crippen MR) is 72.7 cm³/mol. The summed E-state index contributed by atoms with van der Waals surface area (Å²) in [4.78, 5) is 4.33. The lowest BCUT2D eigenvalue weighted by atomic mass is 10.0. The first kappa shape index (κ1) is 13.0. The number of aliphatic imine (C=N–C) groups is 1. The second-order valence-electron chi connectivity index (χ2n) is 4.09. The van der Waals surface area contributed by atoms with Crippen LogP contribution in [0.15, 0.2) is 35.3 Å². The third-order valence-corrected chi connectivity index (χ3v) is 2.97. The van der Waals surface area contributed by atoms with Gasteiger partial charge in [0.05, 0.1) is 0 Å². The maximum Gasteiger partial charge on any atom is 0.0435 e. The lowest BCUT2D eigenvalue weighted by molar-refractivity contribution is 1.01. The van der Waals surface area contributed by atoms with Crippen LogP contribution in [0, 0.1) is 6.92 Å². The monoisotopic (exact) mass is 235 g/mol. The van der Waals surface area contributed by atoms with Crippen molar-refractivity contribution >= 4 is 17.3 Å². The van der Waals surface area contributed by atoms with Crippen LogP contribution in [-0.2, 0) is 0 Å². The molecule has 1 nitrogen and oxygen atoms in total. The lowest BCUT2D eigenvalue weighted by Gasteiger charge is -2.08. The van der Waals surface area contributed by atoms with E-state index >= 15 is 0 Å². The molecule has 0 aliphatic rings. The van der Waals surface area contributed by atoms with Crippen LogP contribution in [0.5, 0.6) is 0 Å². The molecule has 0 radical (unpaired) electrons. The summed E-state index contributed by atoms with van der Waals surface area (Å²) >= 11 is 6.00. The van der Waals surface area contributed by atoms with Crippen LogP contribution in [0.4, 0.5) is 0 Å². The van der Waals surface area contributed by atoms with Crippen molar-refractivity contribution in [1.29, 1.82) is 0 Å². The van der Waals surface area contributed by atoms with Gasteiger partial charge in [-0.1, -0.05) is 23.2 Å². The van der Waals surface area contributed by atoms with Crippen LogP contribution in [0.25, 0.3) is 0 Å². The van der Waals surface area contributed by atoms with E-state index in [0.29, 0.717) is 0 Å². The highest BCUT2D eigenvalue weighted by Gasteiger charge is 2.04. The molecule has 0 saturated heterocycles. The highest BCUT2D eigenvalue weighted by atomic mass is 35.5. The van der Waals surface area contributed by atoms with Gasteiger partial charge in [0.25, 0.3) is 0 Å². The average Bonchev–Trinajstić information content (AvgIpc) is 2.23. The molecular weight excluding hydrogens is 218 g/mol. The van der Waals surface area contributed by atoms with Crippen molar-refractivity contribution in [3.63, 3.8) is 0 Å². The highest BCUT2D eigenvalue weighted by Crippen LogP contribution is 2.18. The summed E-state index contributed by atoms with van der Waals surface area (Å²) in [5, 5.41) is 0.805. The van der Waals surface area contributed by atoms with Gasteiger partial charge in [-0.15, -0.1) is 6.58 Å². The van der Waals surface area contributed by atoms with E-state index in [1.54, 1.807) is 0 Å². The highest BCUT2D eigenvalue weighted by molar-refractivity contribution is 6.31. The third-order valence-electron chi connectivity index (χ3n) is 2.55. The Hall–Kier alpha value is -1.08. The summed E-state index contributed by atoms with van der Waals surface area (Å²) in [5.74, 6) is 0. The van der Waals surface area contributed by atoms with E-state index in [-0.39, 0.29) is 0 Å². The van der Waals surface area contributed by atoms with Gasteiger partial charge in [-0.25, -0.2) is 0 Å². The Balaban J connectivity index is 2.88. The fourth-order valence-electron chi connectivity index (χ4n) is 1.54. The summed E-state index contributed by atoms with van der Waals surface area (Å²) in [5.41, 5.74) is 4.55. The van der Waals surface area contributed by atoms with Gasteiger partial charge in [0, 0.05) is 17.8 Å². The number of nitrogens with zero attached hydrogens (tertiary/aromatic N) is 1. The molecule has 0 aliphatic carbocycles. The second kappa shape index (κ2) is 5.86. The number of hydrogen-bond acceptors (Lipinski definition) is 1. The summed E-state index contributed by atoms with van der Waals surface area (Å²) in [7, 11) is 1.83. The SMILES string of the molecule is C=C(C)CC/C(=N\C)c1ccc(Cl)c(C)c1. The van der Waals surface area contributed by atoms with Crippen molar-refractivity contribution in [2.45, 2.75) is 26.7 Å². The summed E-state index contributed by atoms with van der Waals surface area (Å²) in [6.07, 6.45) is 1.92. The summed E-state index contributed by atoms with van der Waals surface area (Å²) < 4.78 is 0. The molecule has 0 aromatic heterocycles. The first-order valence-electron chi connectivity index (χ1n) is 5.41. The van der Waals surface area contributed by atoms with Crippen molar-refractivity contribution < 1.29 is 0 Å². The number of halogens is 1. The van der Waals surface area contributed by atoms with Crippen molar-refractivity contribution in [2.24, 2.45) is 4.99 Å². The van der Waals surface area contributed by atoms with Gasteiger partial charge in [0.1, 0.15) is 0 Å². The van der Waals surface area contributed by atoms with Crippen LogP contribution < -0.4 is 0 Å². The zero-order valence-electron chi connectivity index (χ0n) is 10.2. The van der Waals surface area contributed by atoms with E-state index in [1.165, 1.54) is 5.57 Å². The number of rotatable bonds is 4. The van der Waals surface area contributed by atoms with E-state index in [2.05, 4.69) is 17.6 Å². The second-order valence-corrected chi connectivity index (χ2v) is 4.50. The Labute approximate surface area is 103 Å². The molecule has 1 rings (SSSR count). The van der Waals surface area contributed by atoms with Gasteiger partial charge >= 0.3 is 0 Å². The molecule has 0 bridgehead atoms. The van der Waals surface area contributed by atoms with Crippen LogP contribution in [-0.4, -0.2) is 12.8 Å². The van der Waals surface area contributed by atoms with Gasteiger partial charge in [0.2, 0.25) is 0 Å². The summed E-state index contributed by atoms with van der Waals surface area (Å²) in [6, 6.07) is 6.04. The van der Waals surface area contributed by atoms with Crippen LogP contribution in [0.3, 0.4) is 0 Å². The Morgan fingerprint density at radius 2 is 2.06 bits per heavy atom. The van der Waals surface area contributed by atoms with Gasteiger partial charge in [-0.3, -0.25) is 4.99 Å². The molecule has 0 aliphatic heterocycles. The minimum absolute atomic E-state index is 0.805. The predicted octanol–water partition coefficient (Wildman–Crippen LogP) is 4.42. The first-order chi connectivity index (χ1) is 7.54. The summed E-state index contributed by atoms with van der Waals surface area (Å²) in [6.45, 7) is 7.96. The van der Waals surface area contributed by atoms with E-state index in [4.69, 9.17) is 11.6 Å². The van der Waals surface area contributed by atoms with Crippen LogP contribution >= 0.6 is 11.6 Å². The van der Waals surface area contributed by atoms with E-state index in [0.717, 1.165) is 34.7 Å². The number of benzene rings is 1. The first-order valence-corrected chi connectivity index (χ1v) is 5.79. The third kappa shape index (κ3) is 3.49. The van der Waals surface area contributed by atoms with E-state index < -0.39 is 0 Å². The van der Waals surface area contributed by atoms with Crippen molar-refractivity contribution in [2.75, 3.05) is 7.05 Å². The van der Waals surface area contributed by atoms with Crippen molar-refractivity contribution in [3.05, 3.63) is 46.5 Å². The quantitative estimate of drug-likeness (QED) is 0.541. The molecule has 0 spiro atoms. The minimum atomic E-state index is 0.805.